The summed E-state index contributed by atoms with van der Waals surface area (Å²) >= 11 is 0. The van der Waals surface area contributed by atoms with Crippen molar-refractivity contribution in [2.24, 2.45) is 11.5 Å². The van der Waals surface area contributed by atoms with Crippen molar-refractivity contribution in [2.75, 3.05) is 6.61 Å². The summed E-state index contributed by atoms with van der Waals surface area (Å²) in [6.07, 6.45) is -1.95. The van der Waals surface area contributed by atoms with Gasteiger partial charge < -0.3 is 42.7 Å². The number of aliphatic carboxylic acids is 1. The van der Waals surface area contributed by atoms with Crippen LogP contribution in [0.25, 0.3) is 0 Å². The highest BCUT2D eigenvalue weighted by molar-refractivity contribution is 5.94. The van der Waals surface area contributed by atoms with Crippen LogP contribution in [0.5, 0.6) is 0 Å². The Morgan fingerprint density at radius 2 is 1.46 bits per heavy atom. The molecule has 0 heterocycles. The van der Waals surface area contributed by atoms with Gasteiger partial charge in [-0.05, 0) is 20.3 Å². The van der Waals surface area contributed by atoms with Gasteiger partial charge in [0.25, 0.3) is 0 Å². The number of amides is 4. The second-order valence-corrected chi connectivity index (χ2v) is 6.16. The van der Waals surface area contributed by atoms with Gasteiger partial charge in [-0.25, -0.2) is 4.79 Å². The van der Waals surface area contributed by atoms with E-state index in [-0.39, 0.29) is 12.8 Å². The zero-order valence-corrected chi connectivity index (χ0v) is 15.5. The summed E-state index contributed by atoms with van der Waals surface area (Å²) in [6.45, 7) is 1.67. The summed E-state index contributed by atoms with van der Waals surface area (Å²) in [6, 6.07) is -5.48. The maximum absolute atomic E-state index is 12.4. The van der Waals surface area contributed by atoms with Crippen molar-refractivity contribution in [2.45, 2.75) is 57.0 Å². The molecular weight excluding hydrogens is 378 g/mol. The lowest BCUT2D eigenvalue weighted by molar-refractivity contribution is -0.143. The largest absolute Gasteiger partial charge is 0.480 e. The minimum absolute atomic E-state index is 0.279. The monoisotopic (exact) mass is 405 g/mol. The first kappa shape index (κ1) is 25.2. The van der Waals surface area contributed by atoms with E-state index in [2.05, 4.69) is 10.6 Å². The molecule has 0 rings (SSSR count). The summed E-state index contributed by atoms with van der Waals surface area (Å²) in [5.41, 5.74) is 10.4. The van der Waals surface area contributed by atoms with Crippen LogP contribution in [0.3, 0.4) is 0 Å². The van der Waals surface area contributed by atoms with Crippen LogP contribution >= 0.6 is 0 Å². The highest BCUT2D eigenvalue weighted by Gasteiger charge is 2.31. The summed E-state index contributed by atoms with van der Waals surface area (Å²) in [7, 11) is 0. The van der Waals surface area contributed by atoms with Gasteiger partial charge in [-0.15, -0.1) is 0 Å². The van der Waals surface area contributed by atoms with Crippen LogP contribution in [0.15, 0.2) is 0 Å². The SMILES string of the molecule is CC(N)C(=O)NC(C(=O)NC(CCC(N)=O)C(=O)NC(CO)C(=O)O)C(C)O. The lowest BCUT2D eigenvalue weighted by atomic mass is 10.1. The number of nitrogens with two attached hydrogens (primary N) is 2. The molecule has 5 unspecified atom stereocenters. The first-order valence-electron chi connectivity index (χ1n) is 8.37. The average molecular weight is 405 g/mol. The fourth-order valence-electron chi connectivity index (χ4n) is 1.96. The maximum atomic E-state index is 12.4. The first-order chi connectivity index (χ1) is 12.9. The molecule has 0 saturated heterocycles. The Hall–Kier alpha value is -2.77. The number of carboxylic acids is 1. The minimum Gasteiger partial charge on any atom is -0.480 e. The normalized spacial score (nSPS) is 16.0. The molecule has 13 heteroatoms. The van der Waals surface area contributed by atoms with Crippen LogP contribution in [0.4, 0.5) is 0 Å². The number of primary amides is 1. The molecule has 28 heavy (non-hydrogen) atoms. The molecule has 5 atom stereocenters. The van der Waals surface area contributed by atoms with Crippen molar-refractivity contribution in [3.63, 3.8) is 0 Å². The molecule has 13 nitrogen and oxygen atoms in total. The van der Waals surface area contributed by atoms with Crippen molar-refractivity contribution in [3.8, 4) is 0 Å². The van der Waals surface area contributed by atoms with E-state index in [9.17, 15) is 29.1 Å². The van der Waals surface area contributed by atoms with E-state index in [4.69, 9.17) is 21.7 Å². The molecule has 0 fully saturated rings. The fourth-order valence-corrected chi connectivity index (χ4v) is 1.96. The molecule has 0 bridgehead atoms. The second kappa shape index (κ2) is 11.8. The second-order valence-electron chi connectivity index (χ2n) is 6.16. The lowest BCUT2D eigenvalue weighted by Crippen LogP contribution is -2.59. The standard InChI is InChI=1S/C15H27N5O8/c1-6(16)12(24)20-11(7(2)22)14(26)18-8(3-4-10(17)23)13(25)19-9(5-21)15(27)28/h6-9,11,21-22H,3-5,16H2,1-2H3,(H2,17,23)(H,18,26)(H,19,25)(H,20,24)(H,27,28). The fraction of sp³-hybridized carbons (Fsp3) is 0.667. The van der Waals surface area contributed by atoms with Gasteiger partial charge in [0.2, 0.25) is 23.6 Å². The minimum atomic E-state index is -1.63. The third kappa shape index (κ3) is 8.75. The van der Waals surface area contributed by atoms with Gasteiger partial charge in [-0.1, -0.05) is 0 Å². The van der Waals surface area contributed by atoms with Gasteiger partial charge in [0, 0.05) is 6.42 Å². The Morgan fingerprint density at radius 3 is 1.86 bits per heavy atom. The lowest BCUT2D eigenvalue weighted by Gasteiger charge is -2.25. The predicted octanol–water partition coefficient (Wildman–Crippen LogP) is -4.49. The van der Waals surface area contributed by atoms with Crippen LogP contribution in [0.1, 0.15) is 26.7 Å². The van der Waals surface area contributed by atoms with E-state index in [1.807, 2.05) is 5.32 Å². The number of rotatable bonds is 12. The summed E-state index contributed by atoms with van der Waals surface area (Å²) in [4.78, 5) is 58.3. The molecule has 0 aliphatic rings. The summed E-state index contributed by atoms with van der Waals surface area (Å²) < 4.78 is 0. The quantitative estimate of drug-likeness (QED) is 0.156. The average Bonchev–Trinajstić information content (AvgIpc) is 2.59. The van der Waals surface area contributed by atoms with Crippen molar-refractivity contribution in [1.29, 1.82) is 0 Å². The number of carbonyl (C=O) groups is 5. The molecule has 0 aromatic heterocycles. The van der Waals surface area contributed by atoms with Crippen LogP contribution < -0.4 is 27.4 Å². The summed E-state index contributed by atoms with van der Waals surface area (Å²) in [5.74, 6) is -4.99. The maximum Gasteiger partial charge on any atom is 0.328 e. The molecule has 0 radical (unpaired) electrons. The Labute approximate surface area is 160 Å². The topological polar surface area (TPSA) is 234 Å². The third-order valence-corrected chi connectivity index (χ3v) is 3.59. The molecule has 0 saturated carbocycles. The van der Waals surface area contributed by atoms with Gasteiger partial charge in [0.1, 0.15) is 18.1 Å². The number of aliphatic hydroxyl groups excluding tert-OH is 2. The van der Waals surface area contributed by atoms with Crippen LogP contribution in [-0.4, -0.2) is 81.8 Å². The van der Waals surface area contributed by atoms with E-state index < -0.39 is 66.5 Å². The van der Waals surface area contributed by atoms with Crippen molar-refractivity contribution in [1.82, 2.24) is 16.0 Å². The molecule has 0 aromatic carbocycles. The Morgan fingerprint density at radius 1 is 0.929 bits per heavy atom. The first-order valence-corrected chi connectivity index (χ1v) is 8.37. The molecule has 0 aliphatic carbocycles. The predicted molar refractivity (Wildman–Crippen MR) is 94.3 cm³/mol. The molecule has 0 aromatic rings. The number of hydrogen-bond acceptors (Lipinski definition) is 8. The Balaban J connectivity index is 5.34. The van der Waals surface area contributed by atoms with E-state index in [1.165, 1.54) is 13.8 Å². The van der Waals surface area contributed by atoms with Crippen molar-refractivity contribution < 1.29 is 39.3 Å². The van der Waals surface area contributed by atoms with Crippen LogP contribution in [-0.2, 0) is 24.0 Å². The van der Waals surface area contributed by atoms with E-state index >= 15 is 0 Å². The highest BCUT2D eigenvalue weighted by atomic mass is 16.4. The molecule has 4 amide bonds. The smallest absolute Gasteiger partial charge is 0.328 e. The van der Waals surface area contributed by atoms with Gasteiger partial charge in [-0.3, -0.25) is 19.2 Å². The number of carboxylic acid groups (broad SMARTS) is 1. The van der Waals surface area contributed by atoms with E-state index in [0.29, 0.717) is 0 Å². The van der Waals surface area contributed by atoms with Crippen LogP contribution in [0.2, 0.25) is 0 Å². The molecule has 10 N–H and O–H groups in total. The number of carbonyl (C=O) groups excluding carboxylic acids is 4. The zero-order valence-electron chi connectivity index (χ0n) is 15.5. The number of aliphatic hydroxyl groups is 2. The van der Waals surface area contributed by atoms with Gasteiger partial charge in [0.15, 0.2) is 0 Å². The Kier molecular flexibility index (Phi) is 10.7. The summed E-state index contributed by atoms with van der Waals surface area (Å²) in [5, 5.41) is 34.0. The van der Waals surface area contributed by atoms with Gasteiger partial charge in [0.05, 0.1) is 18.8 Å². The van der Waals surface area contributed by atoms with Crippen molar-refractivity contribution >= 4 is 29.6 Å². The van der Waals surface area contributed by atoms with Crippen molar-refractivity contribution in [3.05, 3.63) is 0 Å². The van der Waals surface area contributed by atoms with Gasteiger partial charge in [-0.2, -0.15) is 0 Å². The number of nitrogens with one attached hydrogen (secondary N) is 3. The molecular formula is C15H27N5O8. The zero-order chi connectivity index (χ0) is 22.0. The highest BCUT2D eigenvalue weighted by Crippen LogP contribution is 2.02. The van der Waals surface area contributed by atoms with Crippen LogP contribution in [0, 0.1) is 0 Å². The van der Waals surface area contributed by atoms with Gasteiger partial charge >= 0.3 is 5.97 Å². The molecule has 160 valence electrons. The molecule has 0 aliphatic heterocycles. The third-order valence-electron chi connectivity index (χ3n) is 3.59. The number of hydrogen-bond donors (Lipinski definition) is 8. The van der Waals surface area contributed by atoms with E-state index in [0.717, 1.165) is 0 Å². The molecule has 0 spiro atoms. The Bertz CT molecular complexity index is 595. The van der Waals surface area contributed by atoms with E-state index in [1.54, 1.807) is 0 Å².